The Hall–Kier alpha value is -2.84. The number of rotatable bonds is 3. The quantitative estimate of drug-likeness (QED) is 0.585. The number of nitrogens with zero attached hydrogens (tertiary/aromatic N) is 3. The molecule has 116 valence electrons. The minimum absolute atomic E-state index is 0.00451. The van der Waals surface area contributed by atoms with Gasteiger partial charge in [-0.05, 0) is 18.9 Å². The van der Waals surface area contributed by atoms with Crippen molar-refractivity contribution in [3.8, 4) is 0 Å². The van der Waals surface area contributed by atoms with Gasteiger partial charge in [-0.2, -0.15) is 5.10 Å². The van der Waals surface area contributed by atoms with Gasteiger partial charge in [0.2, 0.25) is 0 Å². The van der Waals surface area contributed by atoms with Gasteiger partial charge in [-0.1, -0.05) is 0 Å². The number of aromatic amines is 1. The fraction of sp³-hybridized carbons (Fsp3) is 0.385. The predicted molar refractivity (Wildman–Crippen MR) is 79.1 cm³/mol. The van der Waals surface area contributed by atoms with Crippen LogP contribution >= 0.6 is 0 Å². The van der Waals surface area contributed by atoms with Crippen molar-refractivity contribution in [1.82, 2.24) is 15.5 Å². The van der Waals surface area contributed by atoms with Gasteiger partial charge in [-0.25, -0.2) is 4.79 Å². The smallest absolute Gasteiger partial charge is 0.404 e. The molecule has 1 atom stereocenters. The van der Waals surface area contributed by atoms with Crippen LogP contribution in [0.2, 0.25) is 0 Å². The second-order valence-corrected chi connectivity index (χ2v) is 5.26. The SMILES string of the molecule is O=C(O)NC1CCCN(c2c([N+](=O)[O-])ccc3[nH]ncc23)C1. The van der Waals surface area contributed by atoms with Gasteiger partial charge < -0.3 is 15.3 Å². The van der Waals surface area contributed by atoms with Crippen LogP contribution in [0.1, 0.15) is 12.8 Å². The van der Waals surface area contributed by atoms with Gasteiger partial charge in [0.05, 0.1) is 22.0 Å². The van der Waals surface area contributed by atoms with Crippen LogP contribution in [-0.2, 0) is 0 Å². The number of aromatic nitrogens is 2. The van der Waals surface area contributed by atoms with Crippen molar-refractivity contribution in [3.63, 3.8) is 0 Å². The molecule has 0 aliphatic carbocycles. The van der Waals surface area contributed by atoms with Crippen LogP contribution in [0.15, 0.2) is 18.3 Å². The number of hydrogen-bond donors (Lipinski definition) is 3. The van der Waals surface area contributed by atoms with Gasteiger partial charge in [0.1, 0.15) is 5.69 Å². The predicted octanol–water partition coefficient (Wildman–Crippen LogP) is 1.71. The molecule has 2 heterocycles. The second-order valence-electron chi connectivity index (χ2n) is 5.26. The molecule has 1 aromatic carbocycles. The molecule has 2 aromatic rings. The number of hydrogen-bond acceptors (Lipinski definition) is 5. The first kappa shape index (κ1) is 14.1. The number of amides is 1. The van der Waals surface area contributed by atoms with Crippen molar-refractivity contribution in [3.05, 3.63) is 28.4 Å². The van der Waals surface area contributed by atoms with Gasteiger partial charge >= 0.3 is 6.09 Å². The molecule has 1 fully saturated rings. The average molecular weight is 305 g/mol. The molecule has 1 aliphatic rings. The molecule has 0 radical (unpaired) electrons. The lowest BCUT2D eigenvalue weighted by Gasteiger charge is -2.34. The van der Waals surface area contributed by atoms with Crippen LogP contribution < -0.4 is 10.2 Å². The number of carboxylic acid groups (broad SMARTS) is 1. The normalized spacial score (nSPS) is 18.4. The zero-order valence-corrected chi connectivity index (χ0v) is 11.7. The van der Waals surface area contributed by atoms with E-state index in [1.807, 2.05) is 4.90 Å². The summed E-state index contributed by atoms with van der Waals surface area (Å²) in [6, 6.07) is 2.83. The third-order valence-electron chi connectivity index (χ3n) is 3.84. The molecule has 1 unspecified atom stereocenters. The van der Waals surface area contributed by atoms with E-state index in [9.17, 15) is 14.9 Å². The summed E-state index contributed by atoms with van der Waals surface area (Å²) >= 11 is 0. The first-order valence-corrected chi connectivity index (χ1v) is 6.91. The molecule has 1 amide bonds. The Morgan fingerprint density at radius 3 is 3.09 bits per heavy atom. The van der Waals surface area contributed by atoms with Crippen molar-refractivity contribution in [2.45, 2.75) is 18.9 Å². The number of carbonyl (C=O) groups is 1. The summed E-state index contributed by atoms with van der Waals surface area (Å²) < 4.78 is 0. The van der Waals surface area contributed by atoms with Gasteiger partial charge in [0, 0.05) is 25.2 Å². The van der Waals surface area contributed by atoms with E-state index in [0.717, 1.165) is 12.8 Å². The van der Waals surface area contributed by atoms with Crippen molar-refractivity contribution in [2.24, 2.45) is 0 Å². The maximum atomic E-state index is 11.3. The molecule has 3 rings (SSSR count). The van der Waals surface area contributed by atoms with Crippen LogP contribution in [-0.4, -0.2) is 45.5 Å². The highest BCUT2D eigenvalue weighted by atomic mass is 16.6. The zero-order chi connectivity index (χ0) is 15.7. The lowest BCUT2D eigenvalue weighted by atomic mass is 10.0. The molecule has 9 nitrogen and oxygen atoms in total. The summed E-state index contributed by atoms with van der Waals surface area (Å²) in [5.74, 6) is 0. The van der Waals surface area contributed by atoms with Crippen LogP contribution in [0.25, 0.3) is 10.9 Å². The van der Waals surface area contributed by atoms with E-state index in [-0.39, 0.29) is 11.7 Å². The summed E-state index contributed by atoms with van der Waals surface area (Å²) in [7, 11) is 0. The fourth-order valence-electron chi connectivity index (χ4n) is 2.94. The third kappa shape index (κ3) is 2.52. The third-order valence-corrected chi connectivity index (χ3v) is 3.84. The van der Waals surface area contributed by atoms with Gasteiger partial charge in [0.15, 0.2) is 0 Å². The maximum Gasteiger partial charge on any atom is 0.404 e. The van der Waals surface area contributed by atoms with Crippen LogP contribution in [0, 0.1) is 10.1 Å². The highest BCUT2D eigenvalue weighted by Crippen LogP contribution is 2.36. The van der Waals surface area contributed by atoms with E-state index in [4.69, 9.17) is 5.11 Å². The number of nitrogens with one attached hydrogen (secondary N) is 2. The number of benzene rings is 1. The molecule has 9 heteroatoms. The van der Waals surface area contributed by atoms with Crippen molar-refractivity contribution >= 4 is 28.4 Å². The van der Waals surface area contributed by atoms with Gasteiger partial charge in [-0.3, -0.25) is 15.2 Å². The molecule has 1 saturated heterocycles. The fourth-order valence-corrected chi connectivity index (χ4v) is 2.94. The molecule has 22 heavy (non-hydrogen) atoms. The number of nitro benzene ring substituents is 1. The standard InChI is InChI=1S/C13H15N5O4/c19-13(20)15-8-2-1-5-17(7-8)12-9-6-14-16-10(9)3-4-11(12)18(21)22/h3-4,6,8,15H,1-2,5,7H2,(H,14,16)(H,19,20). The summed E-state index contributed by atoms with van der Waals surface area (Å²) in [4.78, 5) is 23.6. The Morgan fingerprint density at radius 2 is 2.36 bits per heavy atom. The lowest BCUT2D eigenvalue weighted by Crippen LogP contribution is -2.47. The molecule has 1 aromatic heterocycles. The minimum atomic E-state index is -1.08. The highest BCUT2D eigenvalue weighted by molar-refractivity contribution is 5.96. The Labute approximate surface area is 125 Å². The summed E-state index contributed by atoms with van der Waals surface area (Å²) in [5.41, 5.74) is 1.21. The van der Waals surface area contributed by atoms with E-state index in [1.54, 1.807) is 12.3 Å². The monoisotopic (exact) mass is 305 g/mol. The molecule has 1 aliphatic heterocycles. The van der Waals surface area contributed by atoms with Crippen molar-refractivity contribution in [2.75, 3.05) is 18.0 Å². The second kappa shape index (κ2) is 5.51. The van der Waals surface area contributed by atoms with E-state index in [1.165, 1.54) is 6.07 Å². The maximum absolute atomic E-state index is 11.3. The van der Waals surface area contributed by atoms with Crippen LogP contribution in [0.4, 0.5) is 16.2 Å². The first-order chi connectivity index (χ1) is 10.6. The van der Waals surface area contributed by atoms with Gasteiger partial charge in [0.25, 0.3) is 5.69 Å². The number of H-pyrrole nitrogens is 1. The van der Waals surface area contributed by atoms with E-state index in [2.05, 4.69) is 15.5 Å². The Bertz CT molecular complexity index is 728. The molecular weight excluding hydrogens is 290 g/mol. The number of nitro groups is 1. The van der Waals surface area contributed by atoms with Crippen LogP contribution in [0.5, 0.6) is 0 Å². The molecule has 0 bridgehead atoms. The molecule has 0 spiro atoms. The summed E-state index contributed by atoms with van der Waals surface area (Å²) in [6.45, 7) is 1.04. The Kier molecular flexibility index (Phi) is 3.53. The lowest BCUT2D eigenvalue weighted by molar-refractivity contribution is -0.384. The number of piperidine rings is 1. The zero-order valence-electron chi connectivity index (χ0n) is 11.7. The van der Waals surface area contributed by atoms with E-state index < -0.39 is 11.0 Å². The highest BCUT2D eigenvalue weighted by Gasteiger charge is 2.28. The molecular formula is C13H15N5O4. The van der Waals surface area contributed by atoms with E-state index in [0.29, 0.717) is 29.7 Å². The molecule has 3 N–H and O–H groups in total. The minimum Gasteiger partial charge on any atom is -0.465 e. The van der Waals surface area contributed by atoms with Crippen molar-refractivity contribution < 1.29 is 14.8 Å². The number of fused-ring (bicyclic) bond motifs is 1. The topological polar surface area (TPSA) is 124 Å². The Morgan fingerprint density at radius 1 is 1.55 bits per heavy atom. The average Bonchev–Trinajstić information content (AvgIpc) is 2.93. The summed E-state index contributed by atoms with van der Waals surface area (Å²) in [5, 5.41) is 30.0. The molecule has 0 saturated carbocycles. The van der Waals surface area contributed by atoms with Gasteiger partial charge in [-0.15, -0.1) is 0 Å². The number of anilines is 1. The first-order valence-electron chi connectivity index (χ1n) is 6.91. The summed E-state index contributed by atoms with van der Waals surface area (Å²) in [6.07, 6.45) is 1.96. The van der Waals surface area contributed by atoms with Crippen LogP contribution in [0.3, 0.4) is 0 Å². The van der Waals surface area contributed by atoms with Crippen molar-refractivity contribution in [1.29, 1.82) is 0 Å². The Balaban J connectivity index is 2.00. The largest absolute Gasteiger partial charge is 0.465 e. The van der Waals surface area contributed by atoms with E-state index >= 15 is 0 Å².